The van der Waals surface area contributed by atoms with Crippen LogP contribution in [0.2, 0.25) is 0 Å². The molecule has 169 valence electrons. The lowest BCUT2D eigenvalue weighted by atomic mass is 10.0. The van der Waals surface area contributed by atoms with Gasteiger partial charge in [-0.2, -0.15) is 0 Å². The molecule has 1 fully saturated rings. The van der Waals surface area contributed by atoms with Gasteiger partial charge in [0.2, 0.25) is 0 Å². The minimum Gasteiger partial charge on any atom is -0.351 e. The largest absolute Gasteiger partial charge is 0.351 e. The first-order valence-corrected chi connectivity index (χ1v) is 11.6. The molecule has 0 saturated carbocycles. The molecule has 2 heterocycles. The lowest BCUT2D eigenvalue weighted by Gasteiger charge is -2.27. The zero-order chi connectivity index (χ0) is 22.3. The standard InChI is InChI=1S/C26H34N5O/c1-30(2)18-15-27-26(32)22-11-8-12-23-25(22)29-24(28-23)14-13-20-9-4-5-10-21(20)19-31-16-6-3-7-17-31/h4-5,8-12,14H,3,6-7,13,15-19H2,1-2H3,(H,27,32)(H,28,29). The highest BCUT2D eigenvalue weighted by atomic mass is 16.1. The van der Waals surface area contributed by atoms with Crippen LogP contribution in [0.5, 0.6) is 0 Å². The predicted molar refractivity (Wildman–Crippen MR) is 130 cm³/mol. The number of hydrogen-bond acceptors (Lipinski definition) is 4. The minimum absolute atomic E-state index is 0.0811. The van der Waals surface area contributed by atoms with E-state index in [4.69, 9.17) is 4.98 Å². The topological polar surface area (TPSA) is 64.3 Å². The van der Waals surface area contributed by atoms with Crippen molar-refractivity contribution >= 4 is 16.9 Å². The number of carbonyl (C=O) groups is 1. The number of para-hydroxylation sites is 1. The van der Waals surface area contributed by atoms with E-state index in [0.717, 1.165) is 36.4 Å². The molecule has 1 aliphatic heterocycles. The van der Waals surface area contributed by atoms with E-state index in [1.165, 1.54) is 43.5 Å². The van der Waals surface area contributed by atoms with E-state index in [9.17, 15) is 4.79 Å². The van der Waals surface area contributed by atoms with Crippen LogP contribution in [0.15, 0.2) is 42.5 Å². The third kappa shape index (κ3) is 5.75. The van der Waals surface area contributed by atoms with Crippen LogP contribution >= 0.6 is 0 Å². The van der Waals surface area contributed by atoms with E-state index in [0.29, 0.717) is 12.1 Å². The number of carbonyl (C=O) groups excluding carboxylic acids is 1. The number of hydrogen-bond donors (Lipinski definition) is 2. The first kappa shape index (κ1) is 22.5. The monoisotopic (exact) mass is 432 g/mol. The molecule has 3 aromatic rings. The molecule has 4 rings (SSSR count). The third-order valence-corrected chi connectivity index (χ3v) is 6.10. The van der Waals surface area contributed by atoms with E-state index in [-0.39, 0.29) is 5.91 Å². The first-order valence-electron chi connectivity index (χ1n) is 11.6. The van der Waals surface area contributed by atoms with Crippen molar-refractivity contribution in [2.24, 2.45) is 0 Å². The number of aromatic amines is 1. The lowest BCUT2D eigenvalue weighted by molar-refractivity contribution is 0.0952. The number of benzene rings is 2. The molecule has 0 atom stereocenters. The van der Waals surface area contributed by atoms with Crippen LogP contribution in [0.3, 0.4) is 0 Å². The molecule has 2 N–H and O–H groups in total. The number of nitrogens with zero attached hydrogens (tertiary/aromatic N) is 3. The summed E-state index contributed by atoms with van der Waals surface area (Å²) in [6, 6.07) is 14.4. The molecule has 0 unspecified atom stereocenters. The number of likely N-dealkylation sites (tertiary alicyclic amines) is 1. The molecule has 0 aliphatic carbocycles. The second kappa shape index (κ2) is 10.7. The number of rotatable bonds is 9. The van der Waals surface area contributed by atoms with Crippen molar-refractivity contribution in [1.82, 2.24) is 25.1 Å². The second-order valence-corrected chi connectivity index (χ2v) is 8.90. The van der Waals surface area contributed by atoms with Crippen molar-refractivity contribution in [3.63, 3.8) is 0 Å². The minimum atomic E-state index is -0.0811. The van der Waals surface area contributed by atoms with Crippen LogP contribution < -0.4 is 5.32 Å². The number of piperidine rings is 1. The molecule has 1 amide bonds. The number of likely N-dealkylation sites (N-methyl/N-ethyl adjacent to an activating group) is 1. The highest BCUT2D eigenvalue weighted by molar-refractivity contribution is 6.04. The molecular weight excluding hydrogens is 398 g/mol. The Kier molecular flexibility index (Phi) is 7.55. The van der Waals surface area contributed by atoms with Gasteiger partial charge in [0.25, 0.3) is 5.91 Å². The van der Waals surface area contributed by atoms with Crippen molar-refractivity contribution in [3.05, 3.63) is 71.4 Å². The third-order valence-electron chi connectivity index (χ3n) is 6.10. The first-order chi connectivity index (χ1) is 15.6. The zero-order valence-electron chi connectivity index (χ0n) is 19.2. The summed E-state index contributed by atoms with van der Waals surface area (Å²) in [4.78, 5) is 25.4. The maximum Gasteiger partial charge on any atom is 0.253 e. The summed E-state index contributed by atoms with van der Waals surface area (Å²) in [6.45, 7) is 4.82. The summed E-state index contributed by atoms with van der Waals surface area (Å²) >= 11 is 0. The Morgan fingerprint density at radius 1 is 1.09 bits per heavy atom. The van der Waals surface area contributed by atoms with Crippen LogP contribution in [0.25, 0.3) is 11.0 Å². The van der Waals surface area contributed by atoms with Crippen molar-refractivity contribution in [2.75, 3.05) is 40.3 Å². The van der Waals surface area contributed by atoms with Gasteiger partial charge in [-0.25, -0.2) is 4.98 Å². The Labute approximate surface area is 191 Å². The fraction of sp³-hybridized carbons (Fsp3) is 0.423. The lowest BCUT2D eigenvalue weighted by Crippen LogP contribution is -2.31. The van der Waals surface area contributed by atoms with Gasteiger partial charge in [-0.15, -0.1) is 0 Å². The molecule has 32 heavy (non-hydrogen) atoms. The van der Waals surface area contributed by atoms with Crippen molar-refractivity contribution in [1.29, 1.82) is 0 Å². The highest BCUT2D eigenvalue weighted by Gasteiger charge is 2.15. The number of nitrogens with one attached hydrogen (secondary N) is 2. The fourth-order valence-corrected chi connectivity index (χ4v) is 4.30. The molecule has 1 radical (unpaired) electrons. The van der Waals surface area contributed by atoms with Crippen LogP contribution in [0, 0.1) is 6.42 Å². The SMILES string of the molecule is CN(C)CCNC(=O)c1cccc2[nH]c([CH]Cc3ccccc3CN3CCCCC3)nc12. The Morgan fingerprint density at radius 2 is 1.88 bits per heavy atom. The van der Waals surface area contributed by atoms with Gasteiger partial charge < -0.3 is 15.2 Å². The number of imidazole rings is 1. The maximum atomic E-state index is 12.7. The second-order valence-electron chi connectivity index (χ2n) is 8.90. The molecule has 1 aliphatic rings. The maximum absolute atomic E-state index is 12.7. The molecule has 1 saturated heterocycles. The number of H-pyrrole nitrogens is 1. The number of amides is 1. The van der Waals surface area contributed by atoms with Gasteiger partial charge in [0.15, 0.2) is 0 Å². The summed E-state index contributed by atoms with van der Waals surface area (Å²) in [5, 5.41) is 2.99. The van der Waals surface area contributed by atoms with Crippen molar-refractivity contribution in [2.45, 2.75) is 32.2 Å². The van der Waals surface area contributed by atoms with Gasteiger partial charge >= 0.3 is 0 Å². The summed E-state index contributed by atoms with van der Waals surface area (Å²) in [6.07, 6.45) is 6.90. The average molecular weight is 433 g/mol. The fourth-order valence-electron chi connectivity index (χ4n) is 4.30. The van der Waals surface area contributed by atoms with E-state index >= 15 is 0 Å². The molecule has 0 bridgehead atoms. The number of aromatic nitrogens is 2. The van der Waals surface area contributed by atoms with E-state index in [1.54, 1.807) is 0 Å². The summed E-state index contributed by atoms with van der Waals surface area (Å²) in [5.74, 6) is 0.726. The summed E-state index contributed by atoms with van der Waals surface area (Å²) in [7, 11) is 3.99. The van der Waals surface area contributed by atoms with Gasteiger partial charge in [-0.05, 0) is 69.7 Å². The quantitative estimate of drug-likeness (QED) is 0.542. The van der Waals surface area contributed by atoms with Gasteiger partial charge in [-0.1, -0.05) is 36.8 Å². The zero-order valence-corrected chi connectivity index (χ0v) is 19.2. The Bertz CT molecular complexity index is 1040. The van der Waals surface area contributed by atoms with Gasteiger partial charge in [-0.3, -0.25) is 9.69 Å². The smallest absolute Gasteiger partial charge is 0.253 e. The molecule has 6 nitrogen and oxygen atoms in total. The molecule has 6 heteroatoms. The van der Waals surface area contributed by atoms with Gasteiger partial charge in [0, 0.05) is 26.1 Å². The molecular formula is C26H34N5O. The van der Waals surface area contributed by atoms with E-state index in [2.05, 4.69) is 45.9 Å². The molecule has 2 aromatic carbocycles. The Balaban J connectivity index is 1.44. The van der Waals surface area contributed by atoms with E-state index < -0.39 is 0 Å². The van der Waals surface area contributed by atoms with Crippen LogP contribution in [-0.2, 0) is 13.0 Å². The van der Waals surface area contributed by atoms with E-state index in [1.807, 2.05) is 37.2 Å². The predicted octanol–water partition coefficient (Wildman–Crippen LogP) is 3.64. The molecule has 1 aromatic heterocycles. The normalized spacial score (nSPS) is 14.8. The average Bonchev–Trinajstić information content (AvgIpc) is 3.22. The summed E-state index contributed by atoms with van der Waals surface area (Å²) in [5.41, 5.74) is 4.95. The summed E-state index contributed by atoms with van der Waals surface area (Å²) < 4.78 is 0. The van der Waals surface area contributed by atoms with Crippen molar-refractivity contribution < 1.29 is 4.79 Å². The number of fused-ring (bicyclic) bond motifs is 1. The van der Waals surface area contributed by atoms with Crippen LogP contribution in [0.4, 0.5) is 0 Å². The molecule has 0 spiro atoms. The van der Waals surface area contributed by atoms with Gasteiger partial charge in [0.1, 0.15) is 11.3 Å². The van der Waals surface area contributed by atoms with Crippen molar-refractivity contribution in [3.8, 4) is 0 Å². The highest BCUT2D eigenvalue weighted by Crippen LogP contribution is 2.21. The Hall–Kier alpha value is -2.70. The van der Waals surface area contributed by atoms with Gasteiger partial charge in [0.05, 0.1) is 11.1 Å². The van der Waals surface area contributed by atoms with Crippen LogP contribution in [0.1, 0.15) is 46.6 Å². The van der Waals surface area contributed by atoms with Crippen LogP contribution in [-0.4, -0.2) is 65.9 Å². The Morgan fingerprint density at radius 3 is 2.66 bits per heavy atom.